The molecule has 2 aromatic carbocycles. The van der Waals surface area contributed by atoms with Crippen molar-refractivity contribution in [1.29, 1.82) is 0 Å². The summed E-state index contributed by atoms with van der Waals surface area (Å²) < 4.78 is 7.02. The van der Waals surface area contributed by atoms with E-state index in [-0.39, 0.29) is 29.4 Å². The predicted octanol–water partition coefficient (Wildman–Crippen LogP) is 2.65. The van der Waals surface area contributed by atoms with Gasteiger partial charge in [0, 0.05) is 38.1 Å². The van der Waals surface area contributed by atoms with Crippen molar-refractivity contribution < 1.29 is 14.3 Å². The third kappa shape index (κ3) is 4.77. The van der Waals surface area contributed by atoms with Gasteiger partial charge in [0.15, 0.2) is 0 Å². The zero-order chi connectivity index (χ0) is 22.5. The topological polar surface area (TPSA) is 49.8 Å². The average Bonchev–Trinajstić information content (AvgIpc) is 3.18. The van der Waals surface area contributed by atoms with Gasteiger partial charge in [-0.15, -0.1) is 0 Å². The number of hydrogen-bond donors (Lipinski definition) is 1. The Hall–Kier alpha value is -2.39. The fourth-order valence-electron chi connectivity index (χ4n) is 4.68. The molecule has 1 N–H and O–H groups in total. The van der Waals surface area contributed by atoms with Crippen molar-refractivity contribution >= 4 is 24.6 Å². The van der Waals surface area contributed by atoms with E-state index in [1.807, 2.05) is 12.1 Å². The molecule has 5 heteroatoms. The van der Waals surface area contributed by atoms with Gasteiger partial charge in [0.25, 0.3) is 14.2 Å². The maximum atomic E-state index is 12.3. The first-order chi connectivity index (χ1) is 14.8. The molecule has 3 rings (SSSR count). The Morgan fingerprint density at radius 3 is 2.00 bits per heavy atom. The van der Waals surface area contributed by atoms with Crippen molar-refractivity contribution in [3.05, 3.63) is 60.7 Å². The van der Waals surface area contributed by atoms with E-state index < -0.39 is 8.32 Å². The van der Waals surface area contributed by atoms with Crippen LogP contribution in [0.15, 0.2) is 60.7 Å². The van der Waals surface area contributed by atoms with Crippen molar-refractivity contribution in [2.45, 2.75) is 32.7 Å². The zero-order valence-electron chi connectivity index (χ0n) is 19.0. The van der Waals surface area contributed by atoms with E-state index in [1.165, 1.54) is 10.4 Å². The van der Waals surface area contributed by atoms with Crippen LogP contribution >= 0.6 is 0 Å². The van der Waals surface area contributed by atoms with Gasteiger partial charge in [0.1, 0.15) is 0 Å². The lowest BCUT2D eigenvalue weighted by Gasteiger charge is -2.43. The Kier molecular flexibility index (Phi) is 7.37. The molecule has 1 fully saturated rings. The highest BCUT2D eigenvalue weighted by Gasteiger charge is 2.51. The number of nitrogens with zero attached hydrogens (tertiary/aromatic N) is 1. The van der Waals surface area contributed by atoms with Crippen molar-refractivity contribution in [1.82, 2.24) is 4.90 Å². The number of benzene rings is 2. The Morgan fingerprint density at radius 2 is 1.55 bits per heavy atom. The van der Waals surface area contributed by atoms with Gasteiger partial charge >= 0.3 is 0 Å². The highest BCUT2D eigenvalue weighted by Crippen LogP contribution is 2.37. The van der Waals surface area contributed by atoms with E-state index in [0.717, 1.165) is 0 Å². The van der Waals surface area contributed by atoms with Crippen LogP contribution in [0.5, 0.6) is 0 Å². The van der Waals surface area contributed by atoms with Crippen LogP contribution in [-0.2, 0) is 9.22 Å². The van der Waals surface area contributed by atoms with E-state index in [4.69, 9.17) is 4.43 Å². The molecule has 1 amide bonds. The van der Waals surface area contributed by atoms with Crippen LogP contribution in [0.2, 0.25) is 5.04 Å². The third-order valence-electron chi connectivity index (χ3n) is 6.26. The van der Waals surface area contributed by atoms with Crippen LogP contribution in [0.3, 0.4) is 0 Å². The van der Waals surface area contributed by atoms with Crippen LogP contribution in [0.25, 0.3) is 0 Å². The predicted molar refractivity (Wildman–Crippen MR) is 128 cm³/mol. The van der Waals surface area contributed by atoms with Gasteiger partial charge in [0.2, 0.25) is 0 Å². The summed E-state index contributed by atoms with van der Waals surface area (Å²) in [6.07, 6.45) is 0. The number of hydrogen-bond acceptors (Lipinski definition) is 3. The summed E-state index contributed by atoms with van der Waals surface area (Å²) in [5, 5.41) is 12.3. The summed E-state index contributed by atoms with van der Waals surface area (Å²) >= 11 is 0. The largest absolute Gasteiger partial charge is 0.407 e. The molecule has 0 aliphatic carbocycles. The second kappa shape index (κ2) is 9.82. The minimum atomic E-state index is -2.64. The molecule has 0 radical (unpaired) electrons. The van der Waals surface area contributed by atoms with Gasteiger partial charge in [-0.3, -0.25) is 4.79 Å². The Balaban J connectivity index is 1.96. The summed E-state index contributed by atoms with van der Waals surface area (Å²) in [7, 11) is -2.64. The highest BCUT2D eigenvalue weighted by molar-refractivity contribution is 6.99. The summed E-state index contributed by atoms with van der Waals surface area (Å²) in [6.45, 7) is 10.1. The molecule has 1 aliphatic rings. The molecule has 164 valence electrons. The molecular weight excluding hydrogens is 402 g/mol. The van der Waals surface area contributed by atoms with Crippen molar-refractivity contribution in [3.63, 3.8) is 0 Å². The number of rotatable bonds is 6. The molecule has 1 saturated heterocycles. The maximum absolute atomic E-state index is 12.3. The first kappa shape index (κ1) is 23.3. The van der Waals surface area contributed by atoms with E-state index in [1.54, 1.807) is 11.8 Å². The van der Waals surface area contributed by atoms with Gasteiger partial charge in [-0.05, 0) is 28.3 Å². The minimum absolute atomic E-state index is 0.000760. The summed E-state index contributed by atoms with van der Waals surface area (Å²) in [6, 6.07) is 21.1. The fraction of sp³-hybridized carbons (Fsp3) is 0.423. The van der Waals surface area contributed by atoms with Crippen LogP contribution < -0.4 is 10.4 Å². The molecule has 0 bridgehead atoms. The van der Waals surface area contributed by atoms with E-state index in [9.17, 15) is 9.90 Å². The van der Waals surface area contributed by atoms with Gasteiger partial charge in [-0.2, -0.15) is 0 Å². The SMILES string of the molecule is CC#CC(=O)N1C[C@@H](CO)[C@@H](CO[Si](c2ccccc2)(c2ccccc2)C(C)(C)C)C1. The van der Waals surface area contributed by atoms with Gasteiger partial charge in [-0.25, -0.2) is 0 Å². The Bertz CT molecular complexity index is 888. The van der Waals surface area contributed by atoms with Crippen molar-refractivity contribution in [2.75, 3.05) is 26.3 Å². The van der Waals surface area contributed by atoms with Crippen LogP contribution in [0.1, 0.15) is 27.7 Å². The second-order valence-corrected chi connectivity index (χ2v) is 13.6. The number of aliphatic hydroxyl groups is 1. The van der Waals surface area contributed by atoms with Crippen LogP contribution in [0, 0.1) is 23.7 Å². The Labute approximate surface area is 187 Å². The molecule has 1 aliphatic heterocycles. The lowest BCUT2D eigenvalue weighted by atomic mass is 9.98. The number of carbonyl (C=O) groups is 1. The molecule has 4 nitrogen and oxygen atoms in total. The lowest BCUT2D eigenvalue weighted by Crippen LogP contribution is -2.67. The van der Waals surface area contributed by atoms with E-state index in [2.05, 4.69) is 81.1 Å². The maximum Gasteiger partial charge on any atom is 0.298 e. The summed E-state index contributed by atoms with van der Waals surface area (Å²) in [4.78, 5) is 14.0. The van der Waals surface area contributed by atoms with Gasteiger partial charge in [0.05, 0.1) is 0 Å². The van der Waals surface area contributed by atoms with Crippen molar-refractivity contribution in [3.8, 4) is 11.8 Å². The highest BCUT2D eigenvalue weighted by atomic mass is 28.4. The number of likely N-dealkylation sites (tertiary alicyclic amines) is 1. The standard InChI is InChI=1S/C26H33NO3Si/c1-5-12-25(29)27-17-21(19-28)22(18-27)20-30-31(26(2,3)4,23-13-8-6-9-14-23)24-15-10-7-11-16-24/h6-11,13-16,21-22,28H,17-20H2,1-4H3/t21-,22+/m0/s1. The quantitative estimate of drug-likeness (QED) is 0.561. The first-order valence-electron chi connectivity index (χ1n) is 10.9. The second-order valence-electron chi connectivity index (χ2n) is 9.26. The minimum Gasteiger partial charge on any atom is -0.407 e. The number of amides is 1. The number of carbonyl (C=O) groups excluding carboxylic acids is 1. The molecule has 31 heavy (non-hydrogen) atoms. The van der Waals surface area contributed by atoms with Crippen LogP contribution in [-0.4, -0.2) is 50.5 Å². The summed E-state index contributed by atoms with van der Waals surface area (Å²) in [5.41, 5.74) is 0. The van der Waals surface area contributed by atoms with E-state index >= 15 is 0 Å². The first-order valence-corrected chi connectivity index (χ1v) is 12.8. The molecule has 0 saturated carbocycles. The normalized spacial score (nSPS) is 19.1. The van der Waals surface area contributed by atoms with Gasteiger partial charge < -0.3 is 14.4 Å². The smallest absolute Gasteiger partial charge is 0.298 e. The monoisotopic (exact) mass is 435 g/mol. The summed E-state index contributed by atoms with van der Waals surface area (Å²) in [5.74, 6) is 5.21. The fourth-order valence-corrected chi connectivity index (χ4v) is 9.30. The van der Waals surface area contributed by atoms with Gasteiger partial charge in [-0.1, -0.05) is 87.4 Å². The molecule has 0 unspecified atom stereocenters. The average molecular weight is 436 g/mol. The molecular formula is C26H33NO3Si. The molecule has 2 aromatic rings. The number of aliphatic hydroxyl groups excluding tert-OH is 1. The zero-order valence-corrected chi connectivity index (χ0v) is 20.0. The molecule has 1 heterocycles. The molecule has 0 spiro atoms. The molecule has 2 atom stereocenters. The lowest BCUT2D eigenvalue weighted by molar-refractivity contribution is -0.124. The third-order valence-corrected chi connectivity index (χ3v) is 11.3. The van der Waals surface area contributed by atoms with Crippen LogP contribution in [0.4, 0.5) is 0 Å². The van der Waals surface area contributed by atoms with E-state index in [0.29, 0.717) is 19.7 Å². The molecule has 0 aromatic heterocycles. The van der Waals surface area contributed by atoms with Crippen molar-refractivity contribution in [2.24, 2.45) is 11.8 Å². The Morgan fingerprint density at radius 1 is 1.03 bits per heavy atom.